The normalized spacial score (nSPS) is 12.2. The van der Waals surface area contributed by atoms with Gasteiger partial charge >= 0.3 is 0 Å². The van der Waals surface area contributed by atoms with Crippen molar-refractivity contribution in [3.05, 3.63) is 126 Å². The van der Waals surface area contributed by atoms with Gasteiger partial charge in [-0.1, -0.05) is 84.9 Å². The Labute approximate surface area is 273 Å². The Kier molecular flexibility index (Phi) is 11.2. The largest absolute Gasteiger partial charge is 0.492 e. The van der Waals surface area contributed by atoms with E-state index in [0.717, 1.165) is 21.0 Å². The molecule has 0 heterocycles. The molecular weight excluding hydrogens is 598 g/mol. The number of rotatable bonds is 13. The number of nitrogens with one attached hydrogen (secondary N) is 1. The minimum absolute atomic E-state index is 0.0332. The molecule has 46 heavy (non-hydrogen) atoms. The summed E-state index contributed by atoms with van der Waals surface area (Å²) in [6, 6.07) is 31.0. The molecule has 0 aliphatic heterocycles. The smallest absolute Gasteiger partial charge is 0.264 e. The zero-order chi connectivity index (χ0) is 33.3. The van der Waals surface area contributed by atoms with Gasteiger partial charge in [0.25, 0.3) is 10.0 Å². The molecule has 0 radical (unpaired) electrons. The maximum Gasteiger partial charge on any atom is 0.264 e. The molecule has 2 amide bonds. The van der Waals surface area contributed by atoms with Gasteiger partial charge in [0.15, 0.2) is 0 Å². The van der Waals surface area contributed by atoms with E-state index in [-0.39, 0.29) is 29.5 Å². The molecule has 0 aliphatic rings. The standard InChI is InChI=1S/C37H43N3O5S/c1-6-45-34-24-16-15-23-32(34)40(46(43,44)31-21-11-8-12-22-31)27-35(41)39(26-30-20-14-13-17-28(30)2)33(36(42)38-37(3,4)5)25-29-18-9-7-10-19-29/h7-24,33H,6,25-27H2,1-5H3,(H,38,42)/t33-/m1/s1. The second-order valence-corrected chi connectivity index (χ2v) is 14.0. The second-order valence-electron chi connectivity index (χ2n) is 12.1. The number of hydrogen-bond donors (Lipinski definition) is 1. The molecule has 4 aromatic carbocycles. The first-order chi connectivity index (χ1) is 21.9. The van der Waals surface area contributed by atoms with Crippen molar-refractivity contribution < 1.29 is 22.7 Å². The highest BCUT2D eigenvalue weighted by Gasteiger charge is 2.36. The van der Waals surface area contributed by atoms with E-state index in [4.69, 9.17) is 4.74 Å². The van der Waals surface area contributed by atoms with Crippen molar-refractivity contribution in [3.63, 3.8) is 0 Å². The number of amides is 2. The number of para-hydroxylation sites is 2. The van der Waals surface area contributed by atoms with Crippen LogP contribution in [0.1, 0.15) is 44.4 Å². The van der Waals surface area contributed by atoms with Crippen LogP contribution >= 0.6 is 0 Å². The highest BCUT2D eigenvalue weighted by atomic mass is 32.2. The van der Waals surface area contributed by atoms with Gasteiger partial charge in [-0.25, -0.2) is 8.42 Å². The quantitative estimate of drug-likeness (QED) is 0.189. The maximum atomic E-state index is 14.7. The fourth-order valence-electron chi connectivity index (χ4n) is 5.15. The van der Waals surface area contributed by atoms with Crippen molar-refractivity contribution in [2.75, 3.05) is 17.5 Å². The third-order valence-electron chi connectivity index (χ3n) is 7.42. The van der Waals surface area contributed by atoms with Crippen molar-refractivity contribution in [2.24, 2.45) is 0 Å². The van der Waals surface area contributed by atoms with Crippen molar-refractivity contribution >= 4 is 27.5 Å². The molecule has 0 aliphatic carbocycles. The molecule has 4 aromatic rings. The van der Waals surface area contributed by atoms with Gasteiger partial charge in [0.1, 0.15) is 18.3 Å². The molecule has 9 heteroatoms. The van der Waals surface area contributed by atoms with Crippen LogP contribution in [0.3, 0.4) is 0 Å². The van der Waals surface area contributed by atoms with Crippen LogP contribution in [0.25, 0.3) is 0 Å². The minimum Gasteiger partial charge on any atom is -0.492 e. The van der Waals surface area contributed by atoms with Crippen LogP contribution < -0.4 is 14.4 Å². The molecule has 8 nitrogen and oxygen atoms in total. The van der Waals surface area contributed by atoms with Gasteiger partial charge in [0, 0.05) is 18.5 Å². The highest BCUT2D eigenvalue weighted by Crippen LogP contribution is 2.33. The van der Waals surface area contributed by atoms with Gasteiger partial charge in [-0.2, -0.15) is 0 Å². The maximum absolute atomic E-state index is 14.7. The molecule has 242 valence electrons. The summed E-state index contributed by atoms with van der Waals surface area (Å²) in [5.41, 5.74) is 2.34. The molecule has 0 aromatic heterocycles. The SMILES string of the molecule is CCOc1ccccc1N(CC(=O)N(Cc1ccccc1C)[C@H](Cc1ccccc1)C(=O)NC(C)(C)C)S(=O)(=O)c1ccccc1. The zero-order valence-electron chi connectivity index (χ0n) is 27.1. The van der Waals surface area contributed by atoms with E-state index >= 15 is 0 Å². The molecule has 0 unspecified atom stereocenters. The van der Waals surface area contributed by atoms with Gasteiger partial charge in [-0.05, 0) is 75.6 Å². The van der Waals surface area contributed by atoms with E-state index in [1.807, 2.05) is 89.2 Å². The Hall–Kier alpha value is -4.63. The van der Waals surface area contributed by atoms with Gasteiger partial charge in [0.2, 0.25) is 11.8 Å². The zero-order valence-corrected chi connectivity index (χ0v) is 28.0. The minimum atomic E-state index is -4.23. The van der Waals surface area contributed by atoms with Gasteiger partial charge in [-0.3, -0.25) is 13.9 Å². The summed E-state index contributed by atoms with van der Waals surface area (Å²) in [5, 5.41) is 3.06. The summed E-state index contributed by atoms with van der Waals surface area (Å²) in [4.78, 5) is 30.3. The Morgan fingerprint density at radius 2 is 1.41 bits per heavy atom. The molecule has 4 rings (SSSR count). The predicted octanol–water partition coefficient (Wildman–Crippen LogP) is 6.14. The van der Waals surface area contributed by atoms with Gasteiger partial charge in [0.05, 0.1) is 17.2 Å². The van der Waals surface area contributed by atoms with E-state index in [9.17, 15) is 18.0 Å². The summed E-state index contributed by atoms with van der Waals surface area (Å²) in [5.74, 6) is -0.529. The Bertz CT molecular complexity index is 1720. The first kappa shape index (κ1) is 34.2. The average Bonchev–Trinajstić information content (AvgIpc) is 3.03. The van der Waals surface area contributed by atoms with Crippen LogP contribution in [0.4, 0.5) is 5.69 Å². The topological polar surface area (TPSA) is 96.0 Å². The number of benzene rings is 4. The van der Waals surface area contributed by atoms with E-state index in [1.165, 1.54) is 17.0 Å². The fourth-order valence-corrected chi connectivity index (χ4v) is 6.60. The number of hydrogen-bond acceptors (Lipinski definition) is 5. The summed E-state index contributed by atoms with van der Waals surface area (Å²) < 4.78 is 35.4. The lowest BCUT2D eigenvalue weighted by Gasteiger charge is -2.35. The lowest BCUT2D eigenvalue weighted by molar-refractivity contribution is -0.140. The van der Waals surface area contributed by atoms with E-state index in [2.05, 4.69) is 5.32 Å². The number of ether oxygens (including phenoxy) is 1. The average molecular weight is 642 g/mol. The molecule has 1 N–H and O–H groups in total. The van der Waals surface area contributed by atoms with Crippen molar-refractivity contribution in [1.82, 2.24) is 10.2 Å². The molecule has 1 atom stereocenters. The van der Waals surface area contributed by atoms with Crippen molar-refractivity contribution in [1.29, 1.82) is 0 Å². The summed E-state index contributed by atoms with van der Waals surface area (Å²) in [7, 11) is -4.23. The third-order valence-corrected chi connectivity index (χ3v) is 9.19. The molecule has 0 fully saturated rings. The fraction of sp³-hybridized carbons (Fsp3) is 0.297. The summed E-state index contributed by atoms with van der Waals surface area (Å²) in [6.07, 6.45) is 0.237. The van der Waals surface area contributed by atoms with Crippen LogP contribution in [0, 0.1) is 6.92 Å². The Morgan fingerprint density at radius 1 is 0.826 bits per heavy atom. The van der Waals surface area contributed by atoms with E-state index < -0.39 is 34.1 Å². The molecule has 0 spiro atoms. The number of carbonyl (C=O) groups is 2. The summed E-state index contributed by atoms with van der Waals surface area (Å²) in [6.45, 7) is 9.27. The van der Waals surface area contributed by atoms with Crippen LogP contribution in [-0.4, -0.2) is 49.9 Å². The van der Waals surface area contributed by atoms with Crippen LogP contribution in [0.2, 0.25) is 0 Å². The van der Waals surface area contributed by atoms with Crippen LogP contribution in [-0.2, 0) is 32.6 Å². The lowest BCUT2D eigenvalue weighted by atomic mass is 10.00. The monoisotopic (exact) mass is 641 g/mol. The van der Waals surface area contributed by atoms with Gasteiger partial charge in [-0.15, -0.1) is 0 Å². The van der Waals surface area contributed by atoms with Crippen molar-refractivity contribution in [3.8, 4) is 5.75 Å². The number of aryl methyl sites for hydroxylation is 1. The second kappa shape index (κ2) is 15.1. The summed E-state index contributed by atoms with van der Waals surface area (Å²) >= 11 is 0. The molecule has 0 bridgehead atoms. The molecule has 0 saturated carbocycles. The van der Waals surface area contributed by atoms with Gasteiger partial charge < -0.3 is 15.0 Å². The number of anilines is 1. The number of carbonyl (C=O) groups excluding carboxylic acids is 2. The first-order valence-corrected chi connectivity index (χ1v) is 16.8. The Balaban J connectivity index is 1.85. The lowest BCUT2D eigenvalue weighted by Crippen LogP contribution is -2.56. The highest BCUT2D eigenvalue weighted by molar-refractivity contribution is 7.92. The van der Waals surface area contributed by atoms with E-state index in [1.54, 1.807) is 42.5 Å². The van der Waals surface area contributed by atoms with Crippen LogP contribution in [0.5, 0.6) is 5.75 Å². The predicted molar refractivity (Wildman–Crippen MR) is 182 cm³/mol. The third kappa shape index (κ3) is 8.75. The Morgan fingerprint density at radius 3 is 2.04 bits per heavy atom. The van der Waals surface area contributed by atoms with Crippen LogP contribution in [0.15, 0.2) is 114 Å². The number of sulfonamides is 1. The van der Waals surface area contributed by atoms with E-state index in [0.29, 0.717) is 12.4 Å². The van der Waals surface area contributed by atoms with Crippen molar-refractivity contribution in [2.45, 2.75) is 64.1 Å². The molecular formula is C37H43N3O5S. The molecule has 0 saturated heterocycles. The number of nitrogens with zero attached hydrogens (tertiary/aromatic N) is 2. The first-order valence-electron chi connectivity index (χ1n) is 15.4.